The van der Waals surface area contributed by atoms with Crippen LogP contribution in [0.25, 0.3) is 0 Å². The molecule has 0 aliphatic carbocycles. The third kappa shape index (κ3) is 3.93. The minimum absolute atomic E-state index is 0.107. The molecule has 21 heavy (non-hydrogen) atoms. The van der Waals surface area contributed by atoms with Crippen LogP contribution in [0, 0.1) is 0 Å². The van der Waals surface area contributed by atoms with Crippen LogP contribution >= 0.6 is 0 Å². The second-order valence-electron chi connectivity index (χ2n) is 5.21. The smallest absolute Gasteiger partial charge is 0.274 e. The molecule has 0 amide bonds. The fourth-order valence-electron chi connectivity index (χ4n) is 1.93. The SMILES string of the molecule is CC(C)c1ccc(C(N)CNS(=O)(=O)c2ccco2)cc1. The molecule has 1 atom stereocenters. The molecule has 1 aromatic carbocycles. The maximum absolute atomic E-state index is 11.9. The third-order valence-electron chi connectivity index (χ3n) is 3.28. The standard InChI is InChI=1S/C15H20N2O3S/c1-11(2)12-5-7-13(8-6-12)14(16)10-17-21(18,19)15-4-3-9-20-15/h3-9,11,14,17H,10,16H2,1-2H3. The Balaban J connectivity index is 2.00. The molecule has 6 heteroatoms. The topological polar surface area (TPSA) is 85.3 Å². The summed E-state index contributed by atoms with van der Waals surface area (Å²) in [6, 6.07) is 10.4. The molecule has 0 spiro atoms. The Morgan fingerprint density at radius 1 is 1.14 bits per heavy atom. The number of benzene rings is 1. The quantitative estimate of drug-likeness (QED) is 0.858. The first-order chi connectivity index (χ1) is 9.90. The van der Waals surface area contributed by atoms with Gasteiger partial charge in [-0.2, -0.15) is 0 Å². The number of hydrogen-bond acceptors (Lipinski definition) is 4. The summed E-state index contributed by atoms with van der Waals surface area (Å²) in [5.74, 6) is 0.452. The zero-order chi connectivity index (χ0) is 15.5. The molecular weight excluding hydrogens is 288 g/mol. The molecule has 2 aromatic rings. The summed E-state index contributed by atoms with van der Waals surface area (Å²) in [4.78, 5) is 0. The van der Waals surface area contributed by atoms with Gasteiger partial charge in [-0.25, -0.2) is 13.1 Å². The minimum Gasteiger partial charge on any atom is -0.452 e. The zero-order valence-electron chi connectivity index (χ0n) is 12.1. The molecule has 1 unspecified atom stereocenters. The molecule has 2 rings (SSSR count). The second kappa shape index (κ2) is 6.43. The Labute approximate surface area is 125 Å². The van der Waals surface area contributed by atoms with E-state index in [1.165, 1.54) is 24.0 Å². The van der Waals surface area contributed by atoms with Gasteiger partial charge in [-0.3, -0.25) is 0 Å². The lowest BCUT2D eigenvalue weighted by Gasteiger charge is -2.14. The molecule has 0 bridgehead atoms. The van der Waals surface area contributed by atoms with Crippen LogP contribution in [0.15, 0.2) is 52.2 Å². The van der Waals surface area contributed by atoms with Gasteiger partial charge < -0.3 is 10.2 Å². The summed E-state index contributed by atoms with van der Waals surface area (Å²) in [6.45, 7) is 4.35. The van der Waals surface area contributed by atoms with Crippen molar-refractivity contribution < 1.29 is 12.8 Å². The van der Waals surface area contributed by atoms with Gasteiger partial charge in [-0.15, -0.1) is 0 Å². The molecule has 0 fully saturated rings. The Kier molecular flexibility index (Phi) is 4.82. The minimum atomic E-state index is -3.64. The summed E-state index contributed by atoms with van der Waals surface area (Å²) in [6.07, 6.45) is 1.32. The van der Waals surface area contributed by atoms with E-state index in [1.807, 2.05) is 24.3 Å². The number of nitrogens with one attached hydrogen (secondary N) is 1. The van der Waals surface area contributed by atoms with Gasteiger partial charge in [0.1, 0.15) is 0 Å². The van der Waals surface area contributed by atoms with Crippen LogP contribution in [-0.4, -0.2) is 15.0 Å². The third-order valence-corrected chi connectivity index (χ3v) is 4.59. The van der Waals surface area contributed by atoms with Gasteiger partial charge in [0.2, 0.25) is 5.09 Å². The number of sulfonamides is 1. The van der Waals surface area contributed by atoms with E-state index < -0.39 is 16.1 Å². The Hall–Kier alpha value is -1.63. The first-order valence-electron chi connectivity index (χ1n) is 6.79. The highest BCUT2D eigenvalue weighted by atomic mass is 32.2. The number of nitrogens with two attached hydrogens (primary N) is 1. The van der Waals surface area contributed by atoms with Gasteiger partial charge in [-0.1, -0.05) is 38.1 Å². The average Bonchev–Trinajstić information content (AvgIpc) is 3.00. The molecule has 1 aromatic heterocycles. The molecule has 5 nitrogen and oxygen atoms in total. The van der Waals surface area contributed by atoms with Crippen LogP contribution in [0.4, 0.5) is 0 Å². The number of hydrogen-bond donors (Lipinski definition) is 2. The normalized spacial score (nSPS) is 13.5. The highest BCUT2D eigenvalue weighted by Crippen LogP contribution is 2.18. The predicted octanol–water partition coefficient (Wildman–Crippen LogP) is 2.38. The van der Waals surface area contributed by atoms with Crippen molar-refractivity contribution in [3.63, 3.8) is 0 Å². The van der Waals surface area contributed by atoms with E-state index >= 15 is 0 Å². The van der Waals surface area contributed by atoms with Crippen molar-refractivity contribution in [3.8, 4) is 0 Å². The molecule has 0 aliphatic heterocycles. The van der Waals surface area contributed by atoms with Crippen molar-refractivity contribution in [2.24, 2.45) is 5.73 Å². The van der Waals surface area contributed by atoms with Crippen molar-refractivity contribution in [1.82, 2.24) is 4.72 Å². The van der Waals surface area contributed by atoms with Gasteiger partial charge in [0.15, 0.2) is 0 Å². The molecule has 114 valence electrons. The first kappa shape index (κ1) is 15.8. The van der Waals surface area contributed by atoms with Gasteiger partial charge in [0.05, 0.1) is 6.26 Å². The molecule has 0 saturated carbocycles. The lowest BCUT2D eigenvalue weighted by molar-refractivity contribution is 0.444. The van der Waals surface area contributed by atoms with Crippen LogP contribution in [0.5, 0.6) is 0 Å². The zero-order valence-corrected chi connectivity index (χ0v) is 12.9. The van der Waals surface area contributed by atoms with E-state index in [0.717, 1.165) is 5.56 Å². The van der Waals surface area contributed by atoms with E-state index in [9.17, 15) is 8.42 Å². The Bertz CT molecular complexity index is 661. The van der Waals surface area contributed by atoms with Gasteiger partial charge in [0, 0.05) is 12.6 Å². The maximum Gasteiger partial charge on any atom is 0.274 e. The molecular formula is C15H20N2O3S. The van der Waals surface area contributed by atoms with Crippen LogP contribution in [0.1, 0.15) is 36.9 Å². The number of rotatable bonds is 6. The fourth-order valence-corrected chi connectivity index (χ4v) is 2.91. The predicted molar refractivity (Wildman–Crippen MR) is 81.4 cm³/mol. The lowest BCUT2D eigenvalue weighted by Crippen LogP contribution is -2.31. The summed E-state index contributed by atoms with van der Waals surface area (Å²) in [5, 5.41) is -0.107. The monoisotopic (exact) mass is 308 g/mol. The highest BCUT2D eigenvalue weighted by molar-refractivity contribution is 7.89. The summed E-state index contributed by atoms with van der Waals surface area (Å²) in [7, 11) is -3.64. The van der Waals surface area contributed by atoms with Crippen molar-refractivity contribution in [1.29, 1.82) is 0 Å². The van der Waals surface area contributed by atoms with E-state index in [4.69, 9.17) is 10.2 Å². The van der Waals surface area contributed by atoms with E-state index in [0.29, 0.717) is 5.92 Å². The lowest BCUT2D eigenvalue weighted by atomic mass is 9.99. The van der Waals surface area contributed by atoms with Crippen molar-refractivity contribution in [3.05, 3.63) is 53.8 Å². The van der Waals surface area contributed by atoms with Crippen molar-refractivity contribution >= 4 is 10.0 Å². The second-order valence-corrected chi connectivity index (χ2v) is 6.91. The number of furan rings is 1. The van der Waals surface area contributed by atoms with Gasteiger partial charge in [0.25, 0.3) is 10.0 Å². The summed E-state index contributed by atoms with van der Waals surface area (Å²) >= 11 is 0. The average molecular weight is 308 g/mol. The molecule has 3 N–H and O–H groups in total. The van der Waals surface area contributed by atoms with Crippen LogP contribution in [0.2, 0.25) is 0 Å². The van der Waals surface area contributed by atoms with Crippen molar-refractivity contribution in [2.45, 2.75) is 30.9 Å². The van der Waals surface area contributed by atoms with Crippen LogP contribution in [-0.2, 0) is 10.0 Å². The fraction of sp³-hybridized carbons (Fsp3) is 0.333. The van der Waals surface area contributed by atoms with Crippen LogP contribution < -0.4 is 10.5 Å². The van der Waals surface area contributed by atoms with Crippen LogP contribution in [0.3, 0.4) is 0 Å². The Morgan fingerprint density at radius 3 is 2.29 bits per heavy atom. The molecule has 0 aliphatic rings. The summed E-state index contributed by atoms with van der Waals surface area (Å²) < 4.78 is 31.2. The largest absolute Gasteiger partial charge is 0.452 e. The molecule has 0 radical (unpaired) electrons. The first-order valence-corrected chi connectivity index (χ1v) is 8.27. The maximum atomic E-state index is 11.9. The highest BCUT2D eigenvalue weighted by Gasteiger charge is 2.18. The molecule has 1 heterocycles. The molecule has 0 saturated heterocycles. The Morgan fingerprint density at radius 2 is 1.76 bits per heavy atom. The van der Waals surface area contributed by atoms with Gasteiger partial charge >= 0.3 is 0 Å². The van der Waals surface area contributed by atoms with E-state index in [1.54, 1.807) is 0 Å². The van der Waals surface area contributed by atoms with Crippen molar-refractivity contribution in [2.75, 3.05) is 6.54 Å². The van der Waals surface area contributed by atoms with E-state index in [2.05, 4.69) is 18.6 Å². The summed E-state index contributed by atoms with van der Waals surface area (Å²) in [5.41, 5.74) is 8.14. The van der Waals surface area contributed by atoms with Gasteiger partial charge in [-0.05, 0) is 29.2 Å². The van der Waals surface area contributed by atoms with E-state index in [-0.39, 0.29) is 11.6 Å².